The molecule has 0 amide bonds. The Morgan fingerprint density at radius 2 is 1.38 bits per heavy atom. The molecule has 0 unspecified atom stereocenters. The van der Waals surface area contributed by atoms with Crippen molar-refractivity contribution in [1.82, 2.24) is 0 Å². The van der Waals surface area contributed by atoms with E-state index < -0.39 is 19.2 Å². The van der Waals surface area contributed by atoms with Crippen LogP contribution < -0.4 is 0 Å². The Morgan fingerprint density at radius 1 is 1.00 bits per heavy atom. The fourth-order valence-electron chi connectivity index (χ4n) is 0.191. The SMILES string of the molecule is OCC(CO)=C(O)O. The first kappa shape index (κ1) is 7.26. The minimum absolute atomic E-state index is 0.176. The Bertz CT molecular complexity index is 86.2. The quantitative estimate of drug-likeness (QED) is 0.363. The molecule has 0 aliphatic carbocycles. The van der Waals surface area contributed by atoms with Gasteiger partial charge in [-0.3, -0.25) is 0 Å². The van der Waals surface area contributed by atoms with Crippen LogP contribution in [0.4, 0.5) is 0 Å². The zero-order valence-electron chi connectivity index (χ0n) is 4.20. The highest BCUT2D eigenvalue weighted by Crippen LogP contribution is 1.93. The van der Waals surface area contributed by atoms with Crippen LogP contribution in [0.5, 0.6) is 0 Å². The van der Waals surface area contributed by atoms with E-state index in [0.29, 0.717) is 0 Å². The molecule has 0 aromatic rings. The Balaban J connectivity index is 3.86. The highest BCUT2D eigenvalue weighted by molar-refractivity contribution is 5.00. The molecule has 4 nitrogen and oxygen atoms in total. The molecule has 0 spiro atoms. The highest BCUT2D eigenvalue weighted by atomic mass is 16.5. The van der Waals surface area contributed by atoms with E-state index in [1.165, 1.54) is 0 Å². The number of hydrogen-bond acceptors (Lipinski definition) is 4. The summed E-state index contributed by atoms with van der Waals surface area (Å²) in [7, 11) is 0. The summed E-state index contributed by atoms with van der Waals surface area (Å²) in [5, 5.41) is 32.6. The van der Waals surface area contributed by atoms with Crippen LogP contribution >= 0.6 is 0 Å². The first-order valence-corrected chi connectivity index (χ1v) is 2.04. The molecule has 0 aromatic heterocycles. The normalized spacial score (nSPS) is 8.75. The maximum absolute atomic E-state index is 8.16. The summed E-state index contributed by atoms with van der Waals surface area (Å²) in [4.78, 5) is 0. The van der Waals surface area contributed by atoms with Gasteiger partial charge in [-0.1, -0.05) is 0 Å². The van der Waals surface area contributed by atoms with Crippen LogP contribution in [0, 0.1) is 0 Å². The second-order valence-electron chi connectivity index (χ2n) is 1.24. The van der Waals surface area contributed by atoms with Gasteiger partial charge in [0, 0.05) is 0 Å². The van der Waals surface area contributed by atoms with Crippen molar-refractivity contribution in [3.8, 4) is 0 Å². The topological polar surface area (TPSA) is 80.9 Å². The maximum atomic E-state index is 8.16. The van der Waals surface area contributed by atoms with E-state index >= 15 is 0 Å². The van der Waals surface area contributed by atoms with Crippen molar-refractivity contribution in [3.63, 3.8) is 0 Å². The second-order valence-corrected chi connectivity index (χ2v) is 1.24. The highest BCUT2D eigenvalue weighted by Gasteiger charge is 1.98. The van der Waals surface area contributed by atoms with E-state index in [2.05, 4.69) is 0 Å². The minimum Gasteiger partial charge on any atom is -0.481 e. The van der Waals surface area contributed by atoms with Gasteiger partial charge in [-0.2, -0.15) is 0 Å². The van der Waals surface area contributed by atoms with Crippen LogP contribution in [0.1, 0.15) is 0 Å². The molecule has 0 heterocycles. The molecule has 0 saturated heterocycles. The molecule has 0 bridgehead atoms. The molecule has 0 aliphatic rings. The maximum Gasteiger partial charge on any atom is 0.277 e. The number of rotatable bonds is 2. The lowest BCUT2D eigenvalue weighted by Crippen LogP contribution is -2.00. The number of hydrogen-bond donors (Lipinski definition) is 4. The smallest absolute Gasteiger partial charge is 0.277 e. The number of aliphatic hydroxyl groups is 4. The van der Waals surface area contributed by atoms with Gasteiger partial charge >= 0.3 is 0 Å². The van der Waals surface area contributed by atoms with E-state index in [-0.39, 0.29) is 5.57 Å². The molecule has 0 saturated carbocycles. The van der Waals surface area contributed by atoms with Crippen LogP contribution in [-0.2, 0) is 0 Å². The minimum atomic E-state index is -1.00. The lowest BCUT2D eigenvalue weighted by Gasteiger charge is -1.95. The first-order chi connectivity index (χ1) is 3.72. The molecule has 0 radical (unpaired) electrons. The van der Waals surface area contributed by atoms with Crippen molar-refractivity contribution in [2.45, 2.75) is 0 Å². The third kappa shape index (κ3) is 1.81. The summed E-state index contributed by atoms with van der Waals surface area (Å²) >= 11 is 0. The fraction of sp³-hybridized carbons (Fsp3) is 0.500. The van der Waals surface area contributed by atoms with Gasteiger partial charge in [-0.25, -0.2) is 0 Å². The van der Waals surface area contributed by atoms with Gasteiger partial charge in [0.05, 0.1) is 18.8 Å². The Morgan fingerprint density at radius 3 is 1.38 bits per heavy atom. The fourth-order valence-corrected chi connectivity index (χ4v) is 0.191. The van der Waals surface area contributed by atoms with Crippen molar-refractivity contribution < 1.29 is 20.4 Å². The Kier molecular flexibility index (Phi) is 2.98. The van der Waals surface area contributed by atoms with E-state index in [0.717, 1.165) is 0 Å². The summed E-state index contributed by atoms with van der Waals surface area (Å²) in [5.41, 5.74) is -0.176. The molecule has 0 aromatic carbocycles. The predicted molar refractivity (Wildman–Crippen MR) is 26.5 cm³/mol. The van der Waals surface area contributed by atoms with Crippen molar-refractivity contribution in [2.75, 3.05) is 13.2 Å². The molecule has 8 heavy (non-hydrogen) atoms. The average Bonchev–Trinajstić information content (AvgIpc) is 1.69. The van der Waals surface area contributed by atoms with Gasteiger partial charge < -0.3 is 20.4 Å². The summed E-state index contributed by atoms with van der Waals surface area (Å²) in [6.45, 7) is -1.06. The number of aliphatic hydroxyl groups excluding tert-OH is 3. The summed E-state index contributed by atoms with van der Waals surface area (Å²) in [6, 6.07) is 0. The lowest BCUT2D eigenvalue weighted by atomic mass is 10.3. The Hall–Kier alpha value is -0.740. The van der Waals surface area contributed by atoms with Crippen molar-refractivity contribution in [3.05, 3.63) is 11.5 Å². The molecule has 0 fully saturated rings. The monoisotopic (exact) mass is 120 g/mol. The zero-order chi connectivity index (χ0) is 6.57. The van der Waals surface area contributed by atoms with Crippen molar-refractivity contribution in [2.24, 2.45) is 0 Å². The van der Waals surface area contributed by atoms with Crippen LogP contribution in [-0.4, -0.2) is 33.6 Å². The lowest BCUT2D eigenvalue weighted by molar-refractivity contribution is 0.163. The van der Waals surface area contributed by atoms with Crippen molar-refractivity contribution in [1.29, 1.82) is 0 Å². The summed E-state index contributed by atoms with van der Waals surface area (Å²) < 4.78 is 0. The van der Waals surface area contributed by atoms with Crippen molar-refractivity contribution >= 4 is 0 Å². The predicted octanol–water partition coefficient (Wildman–Crippen LogP) is -0.701. The van der Waals surface area contributed by atoms with Gasteiger partial charge in [-0.05, 0) is 0 Å². The molecule has 0 atom stereocenters. The van der Waals surface area contributed by atoms with Crippen LogP contribution in [0.25, 0.3) is 0 Å². The van der Waals surface area contributed by atoms with Gasteiger partial charge in [-0.15, -0.1) is 0 Å². The van der Waals surface area contributed by atoms with E-state index in [4.69, 9.17) is 20.4 Å². The van der Waals surface area contributed by atoms with E-state index in [1.54, 1.807) is 0 Å². The van der Waals surface area contributed by atoms with Gasteiger partial charge in [0.25, 0.3) is 5.95 Å². The summed E-state index contributed by atoms with van der Waals surface area (Å²) in [6.07, 6.45) is 0. The largest absolute Gasteiger partial charge is 0.481 e. The van der Waals surface area contributed by atoms with Gasteiger partial charge in [0.2, 0.25) is 0 Å². The third-order valence-corrected chi connectivity index (χ3v) is 0.698. The zero-order valence-corrected chi connectivity index (χ0v) is 4.20. The van der Waals surface area contributed by atoms with Crippen LogP contribution in [0.2, 0.25) is 0 Å². The molecule has 4 heteroatoms. The molecule has 0 aliphatic heterocycles. The van der Waals surface area contributed by atoms with E-state index in [1.807, 2.05) is 0 Å². The van der Waals surface area contributed by atoms with Gasteiger partial charge in [0.1, 0.15) is 0 Å². The average molecular weight is 120 g/mol. The molecule has 0 rings (SSSR count). The molecule has 4 N–H and O–H groups in total. The second kappa shape index (κ2) is 3.29. The third-order valence-electron chi connectivity index (χ3n) is 0.698. The molecular weight excluding hydrogens is 112 g/mol. The van der Waals surface area contributed by atoms with Crippen LogP contribution in [0.3, 0.4) is 0 Å². The summed E-state index contributed by atoms with van der Waals surface area (Å²) in [5.74, 6) is -1.00. The molecule has 48 valence electrons. The van der Waals surface area contributed by atoms with Crippen LogP contribution in [0.15, 0.2) is 11.5 Å². The van der Waals surface area contributed by atoms with Gasteiger partial charge in [0.15, 0.2) is 0 Å². The Labute approximate surface area is 46.3 Å². The first-order valence-electron chi connectivity index (χ1n) is 2.04. The molecular formula is C4H8O4. The van der Waals surface area contributed by atoms with E-state index in [9.17, 15) is 0 Å². The standard InChI is InChI=1S/C4H8O4/c5-1-3(2-6)4(7)8/h5-8H,1-2H2.